The van der Waals surface area contributed by atoms with Crippen LogP contribution in [0.25, 0.3) is 11.2 Å². The van der Waals surface area contributed by atoms with E-state index in [-0.39, 0.29) is 5.56 Å². The summed E-state index contributed by atoms with van der Waals surface area (Å²) in [6.07, 6.45) is 1.01. The molecule has 92 valence electrons. The minimum Gasteiger partial charge on any atom is -0.354 e. The van der Waals surface area contributed by atoms with Crippen LogP contribution in [0.2, 0.25) is 0 Å². The predicted molar refractivity (Wildman–Crippen MR) is 60.8 cm³/mol. The number of hydrogen-bond donors (Lipinski definition) is 3. The fraction of sp³-hybridized carbons (Fsp3) is 0.444. The third-order valence-electron chi connectivity index (χ3n) is 2.26. The standard InChI is InChI=1S/C9H13N5O3/c1-16-5(17-2)3-10-9-13-7-6(8(15)14-9)11-4-12-7/h4-5H,3H2,1-2H3,(H3,10,11,12,13,14,15). The molecule has 0 atom stereocenters. The second-order valence-electron chi connectivity index (χ2n) is 3.30. The van der Waals surface area contributed by atoms with Crippen LogP contribution in [0.4, 0.5) is 5.95 Å². The smallest absolute Gasteiger partial charge is 0.278 e. The van der Waals surface area contributed by atoms with Gasteiger partial charge in [-0.05, 0) is 0 Å². The maximum atomic E-state index is 11.6. The lowest BCUT2D eigenvalue weighted by Crippen LogP contribution is -2.25. The molecule has 0 saturated heterocycles. The first-order valence-electron chi connectivity index (χ1n) is 4.97. The quantitative estimate of drug-likeness (QED) is 0.617. The molecule has 8 nitrogen and oxygen atoms in total. The van der Waals surface area contributed by atoms with Crippen molar-refractivity contribution in [3.8, 4) is 0 Å². The van der Waals surface area contributed by atoms with Crippen LogP contribution >= 0.6 is 0 Å². The maximum absolute atomic E-state index is 11.6. The molecule has 0 fully saturated rings. The second kappa shape index (κ2) is 4.93. The van der Waals surface area contributed by atoms with Gasteiger partial charge in [0.2, 0.25) is 5.95 Å². The molecule has 0 radical (unpaired) electrons. The van der Waals surface area contributed by atoms with Crippen molar-refractivity contribution in [2.24, 2.45) is 0 Å². The second-order valence-corrected chi connectivity index (χ2v) is 3.30. The normalized spacial score (nSPS) is 11.2. The van der Waals surface area contributed by atoms with Crippen LogP contribution in [0.15, 0.2) is 11.1 Å². The zero-order valence-electron chi connectivity index (χ0n) is 9.48. The van der Waals surface area contributed by atoms with Crippen LogP contribution < -0.4 is 10.9 Å². The Kier molecular flexibility index (Phi) is 3.35. The third kappa shape index (κ3) is 2.43. The highest BCUT2D eigenvalue weighted by Crippen LogP contribution is 2.03. The van der Waals surface area contributed by atoms with E-state index in [0.29, 0.717) is 23.7 Å². The van der Waals surface area contributed by atoms with Gasteiger partial charge in [-0.25, -0.2) is 4.98 Å². The van der Waals surface area contributed by atoms with Gasteiger partial charge < -0.3 is 19.8 Å². The number of H-pyrrole nitrogens is 2. The summed E-state index contributed by atoms with van der Waals surface area (Å²) in [5, 5.41) is 2.90. The number of hydrogen-bond acceptors (Lipinski definition) is 6. The summed E-state index contributed by atoms with van der Waals surface area (Å²) in [5.74, 6) is 0.328. The van der Waals surface area contributed by atoms with Crippen molar-refractivity contribution in [2.45, 2.75) is 6.29 Å². The maximum Gasteiger partial charge on any atom is 0.278 e. The molecule has 2 heterocycles. The molecule has 17 heavy (non-hydrogen) atoms. The Balaban J connectivity index is 2.16. The van der Waals surface area contributed by atoms with Crippen LogP contribution in [-0.4, -0.2) is 47.0 Å². The topological polar surface area (TPSA) is 105 Å². The Labute approximate surface area is 96.4 Å². The zero-order valence-corrected chi connectivity index (χ0v) is 9.48. The molecule has 2 rings (SSSR count). The first-order valence-corrected chi connectivity index (χ1v) is 4.97. The number of aromatic amines is 2. The largest absolute Gasteiger partial charge is 0.354 e. The van der Waals surface area contributed by atoms with Gasteiger partial charge in [0.1, 0.15) is 0 Å². The lowest BCUT2D eigenvalue weighted by molar-refractivity contribution is -0.0914. The van der Waals surface area contributed by atoms with E-state index >= 15 is 0 Å². The lowest BCUT2D eigenvalue weighted by atomic mass is 10.5. The highest BCUT2D eigenvalue weighted by molar-refractivity contribution is 5.69. The fourth-order valence-corrected chi connectivity index (χ4v) is 1.37. The molecule has 0 bridgehead atoms. The van der Waals surface area contributed by atoms with Gasteiger partial charge in [0, 0.05) is 14.2 Å². The van der Waals surface area contributed by atoms with Crippen LogP contribution in [0.5, 0.6) is 0 Å². The van der Waals surface area contributed by atoms with Gasteiger partial charge in [0.25, 0.3) is 5.56 Å². The first-order chi connectivity index (χ1) is 8.24. The zero-order chi connectivity index (χ0) is 12.3. The molecule has 0 aliphatic heterocycles. The number of imidazole rings is 1. The molecule has 0 unspecified atom stereocenters. The van der Waals surface area contributed by atoms with Crippen molar-refractivity contribution in [2.75, 3.05) is 26.1 Å². The number of nitrogens with one attached hydrogen (secondary N) is 3. The molecule has 8 heteroatoms. The predicted octanol–water partition coefficient (Wildman–Crippen LogP) is -0.323. The van der Waals surface area contributed by atoms with Gasteiger partial charge >= 0.3 is 0 Å². The van der Waals surface area contributed by atoms with Crippen LogP contribution in [0.3, 0.4) is 0 Å². The summed E-state index contributed by atoms with van der Waals surface area (Å²) < 4.78 is 10.00. The summed E-state index contributed by atoms with van der Waals surface area (Å²) >= 11 is 0. The molecule has 2 aromatic rings. The van der Waals surface area contributed by atoms with E-state index in [9.17, 15) is 4.79 Å². The molecule has 0 saturated carbocycles. The first kappa shape index (κ1) is 11.6. The van der Waals surface area contributed by atoms with E-state index in [1.807, 2.05) is 0 Å². The summed E-state index contributed by atoms with van der Waals surface area (Å²) in [6, 6.07) is 0. The molecule has 2 aromatic heterocycles. The number of rotatable bonds is 5. The number of anilines is 1. The van der Waals surface area contributed by atoms with Crippen molar-refractivity contribution in [1.82, 2.24) is 19.9 Å². The molecule has 0 aliphatic carbocycles. The minimum absolute atomic E-state index is 0.276. The summed E-state index contributed by atoms with van der Waals surface area (Å²) in [6.45, 7) is 0.367. The van der Waals surface area contributed by atoms with E-state index in [2.05, 4.69) is 25.3 Å². The Morgan fingerprint density at radius 1 is 1.47 bits per heavy atom. The molecule has 0 aromatic carbocycles. The van der Waals surface area contributed by atoms with E-state index in [1.165, 1.54) is 20.5 Å². The summed E-state index contributed by atoms with van der Waals surface area (Å²) in [7, 11) is 3.06. The van der Waals surface area contributed by atoms with Gasteiger partial charge in [0.15, 0.2) is 17.5 Å². The van der Waals surface area contributed by atoms with E-state index in [4.69, 9.17) is 9.47 Å². The van der Waals surface area contributed by atoms with Crippen LogP contribution in [0.1, 0.15) is 0 Å². The lowest BCUT2D eigenvalue weighted by Gasteiger charge is -2.13. The molecular formula is C9H13N5O3. The van der Waals surface area contributed by atoms with Crippen LogP contribution in [-0.2, 0) is 9.47 Å². The Hall–Kier alpha value is -1.93. The number of fused-ring (bicyclic) bond motifs is 1. The molecule has 3 N–H and O–H groups in total. The van der Waals surface area contributed by atoms with E-state index < -0.39 is 6.29 Å². The average molecular weight is 239 g/mol. The van der Waals surface area contributed by atoms with Crippen molar-refractivity contribution < 1.29 is 9.47 Å². The van der Waals surface area contributed by atoms with Crippen LogP contribution in [0, 0.1) is 0 Å². The SMILES string of the molecule is COC(CNc1nc2nc[nH]c2c(=O)[nH]1)OC. The molecule has 0 spiro atoms. The number of nitrogens with zero attached hydrogens (tertiary/aromatic N) is 2. The molecular weight excluding hydrogens is 226 g/mol. The fourth-order valence-electron chi connectivity index (χ4n) is 1.37. The van der Waals surface area contributed by atoms with Crippen molar-refractivity contribution in [3.63, 3.8) is 0 Å². The van der Waals surface area contributed by atoms with Gasteiger partial charge in [-0.2, -0.15) is 4.98 Å². The van der Waals surface area contributed by atoms with Gasteiger partial charge in [-0.1, -0.05) is 0 Å². The molecule has 0 aliphatic rings. The third-order valence-corrected chi connectivity index (χ3v) is 2.26. The van der Waals surface area contributed by atoms with Crippen molar-refractivity contribution in [1.29, 1.82) is 0 Å². The summed E-state index contributed by atoms with van der Waals surface area (Å²) in [5.41, 5.74) is 0.439. The van der Waals surface area contributed by atoms with Gasteiger partial charge in [-0.15, -0.1) is 0 Å². The van der Waals surface area contributed by atoms with Crippen molar-refractivity contribution in [3.05, 3.63) is 16.7 Å². The van der Waals surface area contributed by atoms with Crippen molar-refractivity contribution >= 4 is 17.1 Å². The Morgan fingerprint density at radius 3 is 2.94 bits per heavy atom. The average Bonchev–Trinajstić information content (AvgIpc) is 2.79. The van der Waals surface area contributed by atoms with E-state index in [1.54, 1.807) is 0 Å². The number of aromatic nitrogens is 4. The van der Waals surface area contributed by atoms with Gasteiger partial charge in [0.05, 0.1) is 12.9 Å². The highest BCUT2D eigenvalue weighted by Gasteiger charge is 2.08. The number of ether oxygens (including phenoxy) is 2. The number of methoxy groups -OCH3 is 2. The van der Waals surface area contributed by atoms with Gasteiger partial charge in [-0.3, -0.25) is 9.78 Å². The highest BCUT2D eigenvalue weighted by atomic mass is 16.7. The van der Waals surface area contributed by atoms with E-state index in [0.717, 1.165) is 0 Å². The minimum atomic E-state index is -0.407. The summed E-state index contributed by atoms with van der Waals surface area (Å²) in [4.78, 5) is 24.9. The molecule has 0 amide bonds. The monoisotopic (exact) mass is 239 g/mol. The Morgan fingerprint density at radius 2 is 2.24 bits per heavy atom. The Bertz CT molecular complexity index is 545.